The van der Waals surface area contributed by atoms with Gasteiger partial charge >= 0.3 is 0 Å². The molecule has 1 saturated carbocycles. The topological polar surface area (TPSA) is 49.8 Å². The molecule has 1 fully saturated rings. The van der Waals surface area contributed by atoms with E-state index in [1.54, 1.807) is 0 Å². The average molecular weight is 307 g/mol. The molecular formula is C19H21N3O. The summed E-state index contributed by atoms with van der Waals surface area (Å²) in [4.78, 5) is 15.7. The standard InChI is InChI=1S/C19H21N3O/c1-13-4-2-5-16-14(12-21-18(13)16)9-10-20-19(23)17-6-3-11-22(17)15-7-8-15/h2-6,11-12,15,21H,7-10H2,1H3,(H,20,23). The van der Waals surface area contributed by atoms with Crippen molar-refractivity contribution in [1.82, 2.24) is 14.9 Å². The first-order valence-corrected chi connectivity index (χ1v) is 8.24. The van der Waals surface area contributed by atoms with Crippen molar-refractivity contribution in [3.63, 3.8) is 0 Å². The van der Waals surface area contributed by atoms with Gasteiger partial charge in [0, 0.05) is 35.9 Å². The lowest BCUT2D eigenvalue weighted by molar-refractivity contribution is 0.0944. The predicted octanol–water partition coefficient (Wildman–Crippen LogP) is 3.59. The number of hydrogen-bond acceptors (Lipinski definition) is 1. The maximum absolute atomic E-state index is 12.4. The summed E-state index contributed by atoms with van der Waals surface area (Å²) in [6.07, 6.45) is 7.26. The smallest absolute Gasteiger partial charge is 0.267 e. The fourth-order valence-electron chi connectivity index (χ4n) is 3.23. The van der Waals surface area contributed by atoms with Crippen LogP contribution in [0.1, 0.15) is 40.5 Å². The van der Waals surface area contributed by atoms with Gasteiger partial charge < -0.3 is 14.9 Å². The molecule has 2 heterocycles. The summed E-state index contributed by atoms with van der Waals surface area (Å²) < 4.78 is 2.10. The van der Waals surface area contributed by atoms with Gasteiger partial charge in [-0.3, -0.25) is 4.79 Å². The van der Waals surface area contributed by atoms with Crippen molar-refractivity contribution in [1.29, 1.82) is 0 Å². The number of para-hydroxylation sites is 1. The normalized spacial score (nSPS) is 14.3. The summed E-state index contributed by atoms with van der Waals surface area (Å²) in [5.41, 5.74) is 4.47. The highest BCUT2D eigenvalue weighted by molar-refractivity contribution is 5.93. The maximum Gasteiger partial charge on any atom is 0.267 e. The number of rotatable bonds is 5. The van der Waals surface area contributed by atoms with E-state index in [4.69, 9.17) is 0 Å². The molecule has 23 heavy (non-hydrogen) atoms. The zero-order chi connectivity index (χ0) is 15.8. The molecule has 0 atom stereocenters. The van der Waals surface area contributed by atoms with Gasteiger partial charge in [0.25, 0.3) is 5.91 Å². The first kappa shape index (κ1) is 14.1. The van der Waals surface area contributed by atoms with Crippen LogP contribution in [-0.2, 0) is 6.42 Å². The summed E-state index contributed by atoms with van der Waals surface area (Å²) in [5.74, 6) is 0.0259. The largest absolute Gasteiger partial charge is 0.361 e. The molecule has 0 spiro atoms. The number of hydrogen-bond donors (Lipinski definition) is 2. The Hall–Kier alpha value is -2.49. The second-order valence-electron chi connectivity index (χ2n) is 6.35. The molecule has 4 nitrogen and oxygen atoms in total. The third kappa shape index (κ3) is 2.65. The molecule has 2 aromatic heterocycles. The predicted molar refractivity (Wildman–Crippen MR) is 91.8 cm³/mol. The van der Waals surface area contributed by atoms with Crippen molar-refractivity contribution >= 4 is 16.8 Å². The van der Waals surface area contributed by atoms with Crippen molar-refractivity contribution in [3.05, 3.63) is 59.5 Å². The number of nitrogens with one attached hydrogen (secondary N) is 2. The van der Waals surface area contributed by atoms with Gasteiger partial charge in [0.15, 0.2) is 0 Å². The van der Waals surface area contributed by atoms with Gasteiger partial charge in [-0.25, -0.2) is 0 Å². The van der Waals surface area contributed by atoms with E-state index in [2.05, 4.69) is 46.2 Å². The Bertz CT molecular complexity index is 855. The Kier molecular flexibility index (Phi) is 3.45. The highest BCUT2D eigenvalue weighted by Gasteiger charge is 2.26. The number of aromatic amines is 1. The summed E-state index contributed by atoms with van der Waals surface area (Å²) >= 11 is 0. The third-order valence-electron chi connectivity index (χ3n) is 4.64. The molecule has 0 bridgehead atoms. The molecule has 4 heteroatoms. The Labute approximate surface area is 135 Å². The summed E-state index contributed by atoms with van der Waals surface area (Å²) in [7, 11) is 0. The SMILES string of the molecule is Cc1cccc2c(CCNC(=O)c3cccn3C3CC3)c[nH]c12. The van der Waals surface area contributed by atoms with Gasteiger partial charge in [0.1, 0.15) is 5.69 Å². The summed E-state index contributed by atoms with van der Waals surface area (Å²) in [5, 5.41) is 4.30. The molecule has 2 N–H and O–H groups in total. The van der Waals surface area contributed by atoms with Gasteiger partial charge in [0.2, 0.25) is 0 Å². The quantitative estimate of drug-likeness (QED) is 0.743. The number of carbonyl (C=O) groups is 1. The Morgan fingerprint density at radius 1 is 1.30 bits per heavy atom. The fraction of sp³-hybridized carbons (Fsp3) is 0.316. The average Bonchev–Trinajstić information content (AvgIpc) is 3.12. The molecule has 4 rings (SSSR count). The lowest BCUT2D eigenvalue weighted by Gasteiger charge is -2.08. The van der Waals surface area contributed by atoms with Gasteiger partial charge in [0.05, 0.1) is 0 Å². The van der Waals surface area contributed by atoms with Crippen LogP contribution in [0.15, 0.2) is 42.7 Å². The molecule has 0 radical (unpaired) electrons. The molecule has 1 aliphatic carbocycles. The minimum absolute atomic E-state index is 0.0259. The highest BCUT2D eigenvalue weighted by Crippen LogP contribution is 2.35. The number of amides is 1. The molecule has 3 aromatic rings. The monoisotopic (exact) mass is 307 g/mol. The lowest BCUT2D eigenvalue weighted by atomic mass is 10.1. The number of carbonyl (C=O) groups excluding carboxylic acids is 1. The number of nitrogens with zero attached hydrogens (tertiary/aromatic N) is 1. The van der Waals surface area contributed by atoms with Crippen molar-refractivity contribution in [2.24, 2.45) is 0 Å². The van der Waals surface area contributed by atoms with Crippen LogP contribution in [-0.4, -0.2) is 22.0 Å². The molecular weight excluding hydrogens is 286 g/mol. The van der Waals surface area contributed by atoms with Crippen LogP contribution in [0.2, 0.25) is 0 Å². The van der Waals surface area contributed by atoms with Gasteiger partial charge in [-0.1, -0.05) is 18.2 Å². The molecule has 118 valence electrons. The molecule has 1 aromatic carbocycles. The van der Waals surface area contributed by atoms with E-state index in [1.165, 1.54) is 34.9 Å². The molecule has 0 saturated heterocycles. The maximum atomic E-state index is 12.4. The van der Waals surface area contributed by atoms with Gasteiger partial charge in [-0.05, 0) is 49.4 Å². The lowest BCUT2D eigenvalue weighted by Crippen LogP contribution is -2.27. The van der Waals surface area contributed by atoms with Crippen LogP contribution in [0.3, 0.4) is 0 Å². The van der Waals surface area contributed by atoms with Crippen LogP contribution in [0.5, 0.6) is 0 Å². The Morgan fingerprint density at radius 2 is 2.17 bits per heavy atom. The van der Waals surface area contributed by atoms with Crippen LogP contribution in [0.25, 0.3) is 10.9 Å². The van der Waals surface area contributed by atoms with Crippen LogP contribution in [0, 0.1) is 6.92 Å². The zero-order valence-electron chi connectivity index (χ0n) is 13.3. The van der Waals surface area contributed by atoms with E-state index >= 15 is 0 Å². The van der Waals surface area contributed by atoms with E-state index in [0.717, 1.165) is 12.1 Å². The second kappa shape index (κ2) is 5.61. The third-order valence-corrected chi connectivity index (χ3v) is 4.64. The molecule has 0 unspecified atom stereocenters. The minimum atomic E-state index is 0.0259. The van der Waals surface area contributed by atoms with Crippen molar-refractivity contribution in [2.75, 3.05) is 6.54 Å². The van der Waals surface area contributed by atoms with Crippen molar-refractivity contribution in [3.8, 4) is 0 Å². The van der Waals surface area contributed by atoms with Crippen LogP contribution < -0.4 is 5.32 Å². The Morgan fingerprint density at radius 3 is 3.00 bits per heavy atom. The van der Waals surface area contributed by atoms with E-state index in [9.17, 15) is 4.79 Å². The van der Waals surface area contributed by atoms with E-state index in [1.807, 2.05) is 18.3 Å². The second-order valence-corrected chi connectivity index (χ2v) is 6.35. The number of fused-ring (bicyclic) bond motifs is 1. The number of benzene rings is 1. The molecule has 0 aliphatic heterocycles. The molecule has 1 aliphatic rings. The number of aryl methyl sites for hydroxylation is 1. The fourth-order valence-corrected chi connectivity index (χ4v) is 3.23. The van der Waals surface area contributed by atoms with E-state index in [-0.39, 0.29) is 5.91 Å². The first-order valence-electron chi connectivity index (χ1n) is 8.24. The number of aromatic nitrogens is 2. The Balaban J connectivity index is 1.42. The van der Waals surface area contributed by atoms with Crippen LogP contribution in [0.4, 0.5) is 0 Å². The molecule has 1 amide bonds. The van der Waals surface area contributed by atoms with Gasteiger partial charge in [-0.15, -0.1) is 0 Å². The van der Waals surface area contributed by atoms with E-state index in [0.29, 0.717) is 12.6 Å². The zero-order valence-corrected chi connectivity index (χ0v) is 13.3. The number of H-pyrrole nitrogens is 1. The van der Waals surface area contributed by atoms with E-state index < -0.39 is 0 Å². The first-order chi connectivity index (χ1) is 11.2. The highest BCUT2D eigenvalue weighted by atomic mass is 16.1. The summed E-state index contributed by atoms with van der Waals surface area (Å²) in [6.45, 7) is 2.76. The van der Waals surface area contributed by atoms with Crippen LogP contribution >= 0.6 is 0 Å². The minimum Gasteiger partial charge on any atom is -0.361 e. The van der Waals surface area contributed by atoms with Crippen molar-refractivity contribution < 1.29 is 4.79 Å². The summed E-state index contributed by atoms with van der Waals surface area (Å²) in [6, 6.07) is 10.7. The van der Waals surface area contributed by atoms with Crippen molar-refractivity contribution in [2.45, 2.75) is 32.2 Å². The van der Waals surface area contributed by atoms with Gasteiger partial charge in [-0.2, -0.15) is 0 Å².